The highest BCUT2D eigenvalue weighted by Gasteiger charge is 2.20. The molecule has 1 heterocycles. The minimum Gasteiger partial charge on any atom is -0.289 e. The molecule has 0 aliphatic heterocycles. The van der Waals surface area contributed by atoms with E-state index in [0.717, 1.165) is 5.56 Å². The molecule has 126 valence electrons. The third-order valence-corrected chi connectivity index (χ3v) is 5.52. The average Bonchev–Trinajstić information content (AvgIpc) is 2.62. The average molecular weight is 352 g/mol. The molecule has 4 nitrogen and oxygen atoms in total. The molecule has 0 unspecified atom stereocenters. The third kappa shape index (κ3) is 4.00. The summed E-state index contributed by atoms with van der Waals surface area (Å²) >= 11 is 0. The van der Waals surface area contributed by atoms with E-state index in [4.69, 9.17) is 0 Å². The molecule has 1 aromatic heterocycles. The van der Waals surface area contributed by atoms with Crippen molar-refractivity contribution in [2.24, 2.45) is 0 Å². The Labute approximate surface area is 147 Å². The number of aryl methyl sites for hydroxylation is 1. The number of ketones is 1. The van der Waals surface area contributed by atoms with Gasteiger partial charge in [-0.25, -0.2) is 8.42 Å². The highest BCUT2D eigenvalue weighted by molar-refractivity contribution is 7.90. The van der Waals surface area contributed by atoms with Gasteiger partial charge in [-0.3, -0.25) is 4.79 Å². The molecule has 0 bridgehead atoms. The summed E-state index contributed by atoms with van der Waals surface area (Å²) in [5.74, 6) is -0.260. The van der Waals surface area contributed by atoms with Gasteiger partial charge in [-0.1, -0.05) is 48.0 Å². The lowest BCUT2D eigenvalue weighted by Crippen LogP contribution is -2.37. The van der Waals surface area contributed by atoms with Crippen LogP contribution in [-0.2, 0) is 15.7 Å². The van der Waals surface area contributed by atoms with Crippen LogP contribution < -0.4 is 4.57 Å². The number of sulfone groups is 1. The van der Waals surface area contributed by atoms with Crippen molar-refractivity contribution in [1.29, 1.82) is 0 Å². The number of benzene rings is 2. The van der Waals surface area contributed by atoms with Gasteiger partial charge in [0.2, 0.25) is 9.84 Å². The topological polar surface area (TPSA) is 55.1 Å². The van der Waals surface area contributed by atoms with E-state index >= 15 is 0 Å². The van der Waals surface area contributed by atoms with Crippen LogP contribution in [0.4, 0.5) is 0 Å². The van der Waals surface area contributed by atoms with Crippen molar-refractivity contribution in [3.05, 3.63) is 95.8 Å². The number of hydrogen-bond donors (Lipinski definition) is 0. The monoisotopic (exact) mass is 352 g/mol. The van der Waals surface area contributed by atoms with Crippen molar-refractivity contribution in [3.63, 3.8) is 0 Å². The molecule has 0 aliphatic carbocycles. The second-order valence-electron chi connectivity index (χ2n) is 5.85. The first-order valence-electron chi connectivity index (χ1n) is 7.84. The predicted molar refractivity (Wildman–Crippen MR) is 94.9 cm³/mol. The summed E-state index contributed by atoms with van der Waals surface area (Å²) in [6.07, 6.45) is 3.23. The molecule has 0 atom stereocenters. The minimum absolute atomic E-state index is 0.0888. The number of pyridine rings is 1. The fourth-order valence-corrected chi connectivity index (χ4v) is 3.73. The van der Waals surface area contributed by atoms with Gasteiger partial charge >= 0.3 is 0 Å². The smallest absolute Gasteiger partial charge is 0.252 e. The van der Waals surface area contributed by atoms with Crippen LogP contribution in [0.3, 0.4) is 0 Å². The number of carbonyl (C=O) groups is 1. The molecule has 0 fully saturated rings. The van der Waals surface area contributed by atoms with Crippen molar-refractivity contribution in [1.82, 2.24) is 0 Å². The Bertz CT molecular complexity index is 977. The third-order valence-electron chi connectivity index (χ3n) is 3.89. The van der Waals surface area contributed by atoms with E-state index in [1.54, 1.807) is 65.5 Å². The zero-order valence-electron chi connectivity index (χ0n) is 13.8. The number of nitrogens with zero attached hydrogens (tertiary/aromatic N) is 1. The van der Waals surface area contributed by atoms with Crippen LogP contribution in [0.5, 0.6) is 0 Å². The van der Waals surface area contributed by atoms with E-state index in [1.807, 2.05) is 25.1 Å². The highest BCUT2D eigenvalue weighted by atomic mass is 32.2. The number of carbonyl (C=O) groups excluding carboxylic acids is 1. The van der Waals surface area contributed by atoms with Crippen LogP contribution in [0.2, 0.25) is 0 Å². The molecule has 0 N–H and O–H groups in total. The molecular weight excluding hydrogens is 334 g/mol. The molecule has 0 saturated carbocycles. The lowest BCUT2D eigenvalue weighted by molar-refractivity contribution is -0.677. The van der Waals surface area contributed by atoms with E-state index < -0.39 is 9.84 Å². The van der Waals surface area contributed by atoms with Gasteiger partial charge in [-0.15, -0.1) is 0 Å². The van der Waals surface area contributed by atoms with Crippen LogP contribution in [0, 0.1) is 6.92 Å². The molecule has 0 saturated heterocycles. The van der Waals surface area contributed by atoms with E-state index in [2.05, 4.69) is 0 Å². The maximum Gasteiger partial charge on any atom is 0.252 e. The van der Waals surface area contributed by atoms with E-state index in [0.29, 0.717) is 11.1 Å². The number of aromatic nitrogens is 1. The van der Waals surface area contributed by atoms with Crippen molar-refractivity contribution < 1.29 is 17.8 Å². The molecular formula is C20H18NO3S+. The maximum absolute atomic E-state index is 12.5. The summed E-state index contributed by atoms with van der Waals surface area (Å²) in [4.78, 5) is 12.7. The fraction of sp³-hybridized carbons (Fsp3) is 0.100. The minimum atomic E-state index is -3.44. The quantitative estimate of drug-likeness (QED) is 0.524. The highest BCUT2D eigenvalue weighted by Crippen LogP contribution is 2.12. The summed E-state index contributed by atoms with van der Waals surface area (Å²) in [5.41, 5.74) is 2.14. The molecule has 3 aromatic rings. The fourth-order valence-electron chi connectivity index (χ4n) is 2.47. The summed E-state index contributed by atoms with van der Waals surface area (Å²) in [5, 5.41) is 0. The van der Waals surface area contributed by atoms with E-state index in [-0.39, 0.29) is 16.6 Å². The van der Waals surface area contributed by atoms with Crippen molar-refractivity contribution >= 4 is 15.6 Å². The second kappa shape index (κ2) is 6.99. The SMILES string of the molecule is Cc1ccc(S(=O)(=O)C[n+]2ccc(C(=O)c3ccccc3)cc2)cc1. The Morgan fingerprint density at radius 3 is 2.00 bits per heavy atom. The summed E-state index contributed by atoms with van der Waals surface area (Å²) < 4.78 is 26.5. The Morgan fingerprint density at radius 2 is 1.40 bits per heavy atom. The molecule has 0 radical (unpaired) electrons. The molecule has 5 heteroatoms. The van der Waals surface area contributed by atoms with Gasteiger partial charge in [-0.05, 0) is 19.1 Å². The van der Waals surface area contributed by atoms with Crippen LogP contribution >= 0.6 is 0 Å². The van der Waals surface area contributed by atoms with Gasteiger partial charge in [0, 0.05) is 23.3 Å². The van der Waals surface area contributed by atoms with Crippen molar-refractivity contribution in [2.75, 3.05) is 0 Å². The van der Waals surface area contributed by atoms with Gasteiger partial charge in [0.1, 0.15) is 0 Å². The first kappa shape index (κ1) is 17.0. The lowest BCUT2D eigenvalue weighted by Gasteiger charge is -2.03. The van der Waals surface area contributed by atoms with Gasteiger partial charge in [0.15, 0.2) is 18.2 Å². The van der Waals surface area contributed by atoms with E-state index in [1.165, 1.54) is 0 Å². The van der Waals surface area contributed by atoms with Crippen molar-refractivity contribution in [3.8, 4) is 0 Å². The second-order valence-corrected chi connectivity index (χ2v) is 7.81. The first-order chi connectivity index (χ1) is 12.0. The number of rotatable bonds is 5. The zero-order valence-corrected chi connectivity index (χ0v) is 14.6. The van der Waals surface area contributed by atoms with Gasteiger partial charge in [0.25, 0.3) is 5.88 Å². The Balaban J connectivity index is 1.79. The summed E-state index contributed by atoms with van der Waals surface area (Å²) in [6, 6.07) is 19.0. The van der Waals surface area contributed by atoms with Gasteiger partial charge < -0.3 is 0 Å². The Morgan fingerprint density at radius 1 is 0.840 bits per heavy atom. The standard InChI is InChI=1S/C20H18NO3S/c1-16-7-9-19(10-8-16)25(23,24)15-21-13-11-18(12-14-21)20(22)17-5-3-2-4-6-17/h2-14H,15H2,1H3/q+1. The maximum atomic E-state index is 12.5. The van der Waals surface area contributed by atoms with Crippen LogP contribution in [0.15, 0.2) is 84.0 Å². The zero-order chi connectivity index (χ0) is 17.9. The van der Waals surface area contributed by atoms with Gasteiger partial charge in [-0.2, -0.15) is 4.57 Å². The Kier molecular flexibility index (Phi) is 4.76. The molecule has 0 spiro atoms. The molecule has 0 amide bonds. The molecule has 0 aliphatic rings. The van der Waals surface area contributed by atoms with Crippen LogP contribution in [-0.4, -0.2) is 14.2 Å². The summed E-state index contributed by atoms with van der Waals surface area (Å²) in [7, 11) is -3.44. The van der Waals surface area contributed by atoms with Gasteiger partial charge in [0.05, 0.1) is 4.90 Å². The molecule has 3 rings (SSSR count). The first-order valence-corrected chi connectivity index (χ1v) is 9.49. The van der Waals surface area contributed by atoms with Crippen LogP contribution in [0.25, 0.3) is 0 Å². The predicted octanol–water partition coefficient (Wildman–Crippen LogP) is 2.94. The normalized spacial score (nSPS) is 11.2. The molecule has 2 aromatic carbocycles. The Hall–Kier alpha value is -2.79. The number of hydrogen-bond acceptors (Lipinski definition) is 3. The van der Waals surface area contributed by atoms with Crippen LogP contribution in [0.1, 0.15) is 21.5 Å². The summed E-state index contributed by atoms with van der Waals surface area (Å²) in [6.45, 7) is 1.91. The van der Waals surface area contributed by atoms with E-state index in [9.17, 15) is 13.2 Å². The lowest BCUT2D eigenvalue weighted by atomic mass is 10.1. The van der Waals surface area contributed by atoms with Crippen molar-refractivity contribution in [2.45, 2.75) is 17.7 Å². The molecule has 25 heavy (non-hydrogen) atoms. The largest absolute Gasteiger partial charge is 0.289 e.